The molecule has 1 aromatic carbocycles. The number of phenols is 1. The molecule has 2 N–H and O–H groups in total. The van der Waals surface area contributed by atoms with Gasteiger partial charge in [-0.2, -0.15) is 4.98 Å². The average molecular weight is 294 g/mol. The predicted molar refractivity (Wildman–Crippen MR) is 74.4 cm³/mol. The summed E-state index contributed by atoms with van der Waals surface area (Å²) >= 11 is 5.73. The molecule has 7 heteroatoms. The van der Waals surface area contributed by atoms with Crippen molar-refractivity contribution in [2.45, 2.75) is 6.92 Å². The first kappa shape index (κ1) is 14.1. The van der Waals surface area contributed by atoms with Crippen molar-refractivity contribution in [2.24, 2.45) is 0 Å². The van der Waals surface area contributed by atoms with Crippen LogP contribution in [0.3, 0.4) is 0 Å². The first-order chi connectivity index (χ1) is 9.61. The number of aromatic nitrogens is 2. The Morgan fingerprint density at radius 2 is 2.20 bits per heavy atom. The van der Waals surface area contributed by atoms with Gasteiger partial charge in [-0.15, -0.1) is 0 Å². The van der Waals surface area contributed by atoms with Crippen molar-refractivity contribution in [2.75, 3.05) is 11.9 Å². The zero-order chi connectivity index (χ0) is 14.5. The maximum atomic E-state index is 11.8. The van der Waals surface area contributed by atoms with Crippen molar-refractivity contribution < 1.29 is 14.6 Å². The fraction of sp³-hybridized carbons (Fsp3) is 0.154. The zero-order valence-corrected chi connectivity index (χ0v) is 11.4. The van der Waals surface area contributed by atoms with Gasteiger partial charge in [-0.25, -0.2) is 9.78 Å². The number of hydrogen-bond donors (Lipinski definition) is 2. The van der Waals surface area contributed by atoms with E-state index >= 15 is 0 Å². The Balaban J connectivity index is 2.37. The number of hydrogen-bond acceptors (Lipinski definition) is 6. The molecule has 0 atom stereocenters. The number of nitrogens with one attached hydrogen (secondary N) is 1. The predicted octanol–water partition coefficient (Wildman–Crippen LogP) is 2.76. The minimum Gasteiger partial charge on any atom is -0.506 e. The molecule has 0 saturated heterocycles. The lowest BCUT2D eigenvalue weighted by Gasteiger charge is -2.11. The minimum atomic E-state index is -0.568. The largest absolute Gasteiger partial charge is 0.506 e. The van der Waals surface area contributed by atoms with Crippen LogP contribution in [0, 0.1) is 0 Å². The van der Waals surface area contributed by atoms with Gasteiger partial charge in [0.15, 0.2) is 0 Å². The number of anilines is 2. The molecule has 2 aromatic rings. The van der Waals surface area contributed by atoms with Crippen LogP contribution in [-0.2, 0) is 4.74 Å². The van der Waals surface area contributed by atoms with E-state index in [-0.39, 0.29) is 29.0 Å². The molecule has 0 unspecified atom stereocenters. The average Bonchev–Trinajstić information content (AvgIpc) is 2.42. The summed E-state index contributed by atoms with van der Waals surface area (Å²) in [6, 6.07) is 6.56. The summed E-state index contributed by atoms with van der Waals surface area (Å²) < 4.78 is 4.91. The molecule has 1 heterocycles. The Morgan fingerprint density at radius 3 is 2.90 bits per heavy atom. The first-order valence-corrected chi connectivity index (χ1v) is 6.24. The van der Waals surface area contributed by atoms with Crippen LogP contribution >= 0.6 is 11.6 Å². The molecule has 0 aliphatic rings. The highest BCUT2D eigenvalue weighted by Crippen LogP contribution is 2.27. The molecule has 0 radical (unpaired) electrons. The fourth-order valence-electron chi connectivity index (χ4n) is 1.52. The van der Waals surface area contributed by atoms with E-state index in [1.165, 1.54) is 12.3 Å². The van der Waals surface area contributed by atoms with Crippen LogP contribution in [0.15, 0.2) is 30.5 Å². The van der Waals surface area contributed by atoms with Gasteiger partial charge in [-0.1, -0.05) is 12.1 Å². The molecular formula is C13H12ClN3O3. The highest BCUT2D eigenvalue weighted by Gasteiger charge is 2.16. The van der Waals surface area contributed by atoms with Crippen molar-refractivity contribution in [1.29, 1.82) is 0 Å². The third-order valence-corrected chi connectivity index (χ3v) is 2.59. The molecule has 0 fully saturated rings. The Morgan fingerprint density at radius 1 is 1.45 bits per heavy atom. The molecule has 0 aliphatic heterocycles. The van der Waals surface area contributed by atoms with E-state index in [1.807, 2.05) is 0 Å². The molecule has 6 nitrogen and oxygen atoms in total. The van der Waals surface area contributed by atoms with E-state index in [9.17, 15) is 9.90 Å². The molecule has 0 saturated carbocycles. The van der Waals surface area contributed by atoms with Crippen molar-refractivity contribution in [3.05, 3.63) is 41.3 Å². The maximum Gasteiger partial charge on any atom is 0.343 e. The van der Waals surface area contributed by atoms with Gasteiger partial charge in [0.05, 0.1) is 12.3 Å². The molecule has 20 heavy (non-hydrogen) atoms. The van der Waals surface area contributed by atoms with Crippen molar-refractivity contribution >= 4 is 29.1 Å². The van der Waals surface area contributed by atoms with Gasteiger partial charge in [0.1, 0.15) is 17.1 Å². The second-order valence-corrected chi connectivity index (χ2v) is 4.10. The molecule has 0 amide bonds. The number of esters is 1. The smallest absolute Gasteiger partial charge is 0.343 e. The summed E-state index contributed by atoms with van der Waals surface area (Å²) in [6.45, 7) is 1.93. The minimum absolute atomic E-state index is 0.0176. The summed E-state index contributed by atoms with van der Waals surface area (Å²) in [5.74, 6) is -0.371. The van der Waals surface area contributed by atoms with E-state index in [0.29, 0.717) is 5.69 Å². The number of ether oxygens (including phenoxy) is 1. The number of carbonyl (C=O) groups excluding carboxylic acids is 1. The number of nitrogens with zero attached hydrogens (tertiary/aromatic N) is 2. The van der Waals surface area contributed by atoms with E-state index in [0.717, 1.165) is 0 Å². The molecular weight excluding hydrogens is 282 g/mol. The number of carbonyl (C=O) groups is 1. The lowest BCUT2D eigenvalue weighted by Crippen LogP contribution is -2.10. The van der Waals surface area contributed by atoms with Crippen LogP contribution < -0.4 is 5.32 Å². The monoisotopic (exact) mass is 293 g/mol. The number of aromatic hydroxyl groups is 1. The van der Waals surface area contributed by atoms with Gasteiger partial charge in [-0.05, 0) is 30.7 Å². The Hall–Kier alpha value is -2.34. The summed E-state index contributed by atoms with van der Waals surface area (Å²) in [5, 5.41) is 12.5. The molecule has 104 valence electrons. The first-order valence-electron chi connectivity index (χ1n) is 5.86. The van der Waals surface area contributed by atoms with Crippen LogP contribution in [0.25, 0.3) is 0 Å². The summed E-state index contributed by atoms with van der Waals surface area (Å²) in [5.41, 5.74) is 0.535. The van der Waals surface area contributed by atoms with Crippen LogP contribution in [-0.4, -0.2) is 27.7 Å². The zero-order valence-electron chi connectivity index (χ0n) is 10.6. The van der Waals surface area contributed by atoms with Crippen LogP contribution in [0.5, 0.6) is 5.75 Å². The standard InChI is InChI=1S/C13H12ClN3O3/c1-2-20-12(19)8-7-15-13(14)17-11(8)16-9-5-3-4-6-10(9)18/h3-7,18H,2H2,1H3,(H,15,16,17). The fourth-order valence-corrected chi connectivity index (χ4v) is 1.65. The van der Waals surface area contributed by atoms with Crippen LogP contribution in [0.4, 0.5) is 11.5 Å². The molecule has 1 aromatic heterocycles. The molecule has 0 bridgehead atoms. The van der Waals surface area contributed by atoms with Gasteiger partial charge in [-0.3, -0.25) is 0 Å². The van der Waals surface area contributed by atoms with Gasteiger partial charge < -0.3 is 15.2 Å². The Labute approximate surface area is 120 Å². The van der Waals surface area contributed by atoms with E-state index in [2.05, 4.69) is 15.3 Å². The van der Waals surface area contributed by atoms with E-state index < -0.39 is 5.97 Å². The molecule has 2 rings (SSSR count). The lowest BCUT2D eigenvalue weighted by molar-refractivity contribution is 0.0526. The third-order valence-electron chi connectivity index (χ3n) is 2.41. The number of benzene rings is 1. The molecule has 0 spiro atoms. The van der Waals surface area contributed by atoms with Crippen molar-refractivity contribution in [1.82, 2.24) is 9.97 Å². The number of para-hydroxylation sites is 2. The van der Waals surface area contributed by atoms with Crippen molar-refractivity contribution in [3.8, 4) is 5.75 Å². The second-order valence-electron chi connectivity index (χ2n) is 3.76. The number of rotatable bonds is 4. The second kappa shape index (κ2) is 6.21. The van der Waals surface area contributed by atoms with Gasteiger partial charge in [0, 0.05) is 6.20 Å². The summed E-state index contributed by atoms with van der Waals surface area (Å²) in [4.78, 5) is 19.5. The number of halogens is 1. The maximum absolute atomic E-state index is 11.8. The quantitative estimate of drug-likeness (QED) is 0.512. The summed E-state index contributed by atoms with van der Waals surface area (Å²) in [6.07, 6.45) is 1.27. The topological polar surface area (TPSA) is 84.3 Å². The van der Waals surface area contributed by atoms with E-state index in [4.69, 9.17) is 16.3 Å². The highest BCUT2D eigenvalue weighted by atomic mass is 35.5. The highest BCUT2D eigenvalue weighted by molar-refractivity contribution is 6.28. The van der Waals surface area contributed by atoms with Crippen molar-refractivity contribution in [3.63, 3.8) is 0 Å². The van der Waals surface area contributed by atoms with E-state index in [1.54, 1.807) is 25.1 Å². The molecule has 0 aliphatic carbocycles. The number of phenolic OH excluding ortho intramolecular Hbond substituents is 1. The normalized spacial score (nSPS) is 10.1. The van der Waals surface area contributed by atoms with Gasteiger partial charge in [0.25, 0.3) is 0 Å². The lowest BCUT2D eigenvalue weighted by atomic mass is 10.2. The van der Waals surface area contributed by atoms with Gasteiger partial charge >= 0.3 is 5.97 Å². The third kappa shape index (κ3) is 3.16. The van der Waals surface area contributed by atoms with Crippen LogP contribution in [0.1, 0.15) is 17.3 Å². The SMILES string of the molecule is CCOC(=O)c1cnc(Cl)nc1Nc1ccccc1O. The van der Waals surface area contributed by atoms with Gasteiger partial charge in [0.2, 0.25) is 5.28 Å². The summed E-state index contributed by atoms with van der Waals surface area (Å²) in [7, 11) is 0. The Bertz CT molecular complexity index is 634. The Kier molecular flexibility index (Phi) is 4.37. The van der Waals surface area contributed by atoms with Crippen LogP contribution in [0.2, 0.25) is 5.28 Å².